The second-order valence-electron chi connectivity index (χ2n) is 8.60. The second kappa shape index (κ2) is 11.7. The lowest BCUT2D eigenvalue weighted by Gasteiger charge is -2.24. The van der Waals surface area contributed by atoms with E-state index in [2.05, 4.69) is 20.8 Å². The number of aliphatic hydroxyl groups is 1. The van der Waals surface area contributed by atoms with Crippen molar-refractivity contribution in [3.8, 4) is 0 Å². The molecule has 0 bridgehead atoms. The van der Waals surface area contributed by atoms with Crippen molar-refractivity contribution in [2.24, 2.45) is 5.73 Å². The van der Waals surface area contributed by atoms with Crippen LogP contribution in [-0.2, 0) is 16.1 Å². The Morgan fingerprint density at radius 3 is 2.59 bits per heavy atom. The van der Waals surface area contributed by atoms with Crippen LogP contribution in [0.25, 0.3) is 5.65 Å². The summed E-state index contributed by atoms with van der Waals surface area (Å²) in [6, 6.07) is 14.1. The normalized spacial score (nSPS) is 12.5. The average molecular weight is 469 g/mol. The molecular formula is C24H32N6O4. The summed E-state index contributed by atoms with van der Waals surface area (Å²) >= 11 is 0. The minimum atomic E-state index is -1.12. The molecule has 0 spiro atoms. The van der Waals surface area contributed by atoms with Crippen molar-refractivity contribution in [2.75, 3.05) is 19.8 Å². The van der Waals surface area contributed by atoms with Gasteiger partial charge in [-0.05, 0) is 44.4 Å². The van der Waals surface area contributed by atoms with E-state index in [-0.39, 0.29) is 25.0 Å². The van der Waals surface area contributed by atoms with Gasteiger partial charge >= 0.3 is 0 Å². The van der Waals surface area contributed by atoms with Crippen LogP contribution in [0.15, 0.2) is 48.5 Å². The van der Waals surface area contributed by atoms with Gasteiger partial charge in [0, 0.05) is 13.2 Å². The molecule has 0 aliphatic rings. The molecule has 1 atom stereocenters. The maximum absolute atomic E-state index is 12.9. The summed E-state index contributed by atoms with van der Waals surface area (Å²) in [7, 11) is 0. The first kappa shape index (κ1) is 25.3. The fraction of sp³-hybridized carbons (Fsp3) is 0.417. The number of amides is 2. The fourth-order valence-electron chi connectivity index (χ4n) is 3.29. The number of benzene rings is 1. The SMILES string of the molecule is CC(C)(N)C(=O)NC(COCc1ccccc1)c1nnc2cccc(C(=O)NCCCCO)n12. The Bertz CT molecular complexity index is 1090. The summed E-state index contributed by atoms with van der Waals surface area (Å²) < 4.78 is 7.51. The molecule has 3 rings (SSSR count). The molecule has 2 heterocycles. The number of nitrogens with two attached hydrogens (primary N) is 1. The van der Waals surface area contributed by atoms with Gasteiger partial charge in [-0.1, -0.05) is 36.4 Å². The molecule has 5 N–H and O–H groups in total. The molecule has 1 aromatic carbocycles. The summed E-state index contributed by atoms with van der Waals surface area (Å²) in [5, 5.41) is 23.1. The van der Waals surface area contributed by atoms with Crippen molar-refractivity contribution in [1.82, 2.24) is 25.2 Å². The number of hydrogen-bond donors (Lipinski definition) is 4. The zero-order chi connectivity index (χ0) is 24.6. The number of hydrogen-bond acceptors (Lipinski definition) is 7. The van der Waals surface area contributed by atoms with E-state index in [0.29, 0.717) is 43.2 Å². The highest BCUT2D eigenvalue weighted by atomic mass is 16.5. The van der Waals surface area contributed by atoms with E-state index in [4.69, 9.17) is 15.6 Å². The van der Waals surface area contributed by atoms with Crippen LogP contribution >= 0.6 is 0 Å². The molecule has 2 amide bonds. The number of nitrogens with zero attached hydrogens (tertiary/aromatic N) is 3. The lowest BCUT2D eigenvalue weighted by Crippen LogP contribution is -2.51. The minimum Gasteiger partial charge on any atom is -0.396 e. The molecule has 10 nitrogen and oxygen atoms in total. The Hall–Kier alpha value is -3.34. The van der Waals surface area contributed by atoms with Crippen molar-refractivity contribution in [1.29, 1.82) is 0 Å². The first-order chi connectivity index (χ1) is 16.3. The largest absolute Gasteiger partial charge is 0.396 e. The molecule has 0 aliphatic heterocycles. The summed E-state index contributed by atoms with van der Waals surface area (Å²) in [5.74, 6) is -0.329. The molecule has 0 fully saturated rings. The highest BCUT2D eigenvalue weighted by Gasteiger charge is 2.29. The van der Waals surface area contributed by atoms with E-state index in [1.54, 1.807) is 36.4 Å². The number of ether oxygens (including phenoxy) is 1. The monoisotopic (exact) mass is 468 g/mol. The van der Waals surface area contributed by atoms with Gasteiger partial charge in [-0.3, -0.25) is 14.0 Å². The number of pyridine rings is 1. The third kappa shape index (κ3) is 6.60. The molecule has 0 aliphatic carbocycles. The summed E-state index contributed by atoms with van der Waals surface area (Å²) in [4.78, 5) is 25.6. The van der Waals surface area contributed by atoms with Gasteiger partial charge in [-0.25, -0.2) is 0 Å². The molecular weight excluding hydrogens is 436 g/mol. The van der Waals surface area contributed by atoms with Gasteiger partial charge < -0.3 is 26.2 Å². The van der Waals surface area contributed by atoms with Gasteiger partial charge in [0.15, 0.2) is 11.5 Å². The quantitative estimate of drug-likeness (QED) is 0.294. The van der Waals surface area contributed by atoms with Crippen LogP contribution in [0.3, 0.4) is 0 Å². The third-order valence-electron chi connectivity index (χ3n) is 5.15. The van der Waals surface area contributed by atoms with Crippen molar-refractivity contribution >= 4 is 17.5 Å². The zero-order valence-electron chi connectivity index (χ0n) is 19.5. The van der Waals surface area contributed by atoms with E-state index in [1.807, 2.05) is 30.3 Å². The lowest BCUT2D eigenvalue weighted by molar-refractivity contribution is -0.126. The summed E-state index contributed by atoms with van der Waals surface area (Å²) in [6.07, 6.45) is 1.26. The first-order valence-corrected chi connectivity index (χ1v) is 11.3. The van der Waals surface area contributed by atoms with Gasteiger partial charge in [0.25, 0.3) is 5.91 Å². The van der Waals surface area contributed by atoms with Crippen LogP contribution in [0.4, 0.5) is 0 Å². The number of nitrogens with one attached hydrogen (secondary N) is 2. The maximum atomic E-state index is 12.9. The number of fused-ring (bicyclic) bond motifs is 1. The lowest BCUT2D eigenvalue weighted by atomic mass is 10.1. The molecule has 10 heteroatoms. The molecule has 34 heavy (non-hydrogen) atoms. The molecule has 0 saturated heterocycles. The molecule has 0 saturated carbocycles. The number of aromatic nitrogens is 3. The second-order valence-corrected chi connectivity index (χ2v) is 8.60. The van der Waals surface area contributed by atoms with E-state index < -0.39 is 11.6 Å². The fourth-order valence-corrected chi connectivity index (χ4v) is 3.29. The van der Waals surface area contributed by atoms with Gasteiger partial charge in [0.05, 0.1) is 18.8 Å². The first-order valence-electron chi connectivity index (χ1n) is 11.3. The number of carbonyl (C=O) groups excluding carboxylic acids is 2. The van der Waals surface area contributed by atoms with E-state index in [0.717, 1.165) is 5.56 Å². The van der Waals surface area contributed by atoms with E-state index in [9.17, 15) is 9.59 Å². The van der Waals surface area contributed by atoms with Crippen molar-refractivity contribution in [3.63, 3.8) is 0 Å². The van der Waals surface area contributed by atoms with Crippen LogP contribution < -0.4 is 16.4 Å². The van der Waals surface area contributed by atoms with Crippen LogP contribution in [-0.4, -0.2) is 56.8 Å². The predicted octanol–water partition coefficient (Wildman–Crippen LogP) is 1.34. The van der Waals surface area contributed by atoms with Gasteiger partial charge in [-0.2, -0.15) is 0 Å². The summed E-state index contributed by atoms with van der Waals surface area (Å²) in [6.45, 7) is 4.16. The van der Waals surface area contributed by atoms with Gasteiger partial charge in [0.2, 0.25) is 5.91 Å². The Morgan fingerprint density at radius 2 is 1.88 bits per heavy atom. The van der Waals surface area contributed by atoms with Crippen molar-refractivity contribution in [3.05, 3.63) is 65.6 Å². The predicted molar refractivity (Wildman–Crippen MR) is 127 cm³/mol. The van der Waals surface area contributed by atoms with Crippen LogP contribution in [0.2, 0.25) is 0 Å². The number of unbranched alkanes of at least 4 members (excludes halogenated alkanes) is 1. The Balaban J connectivity index is 1.87. The van der Waals surface area contributed by atoms with Gasteiger partial charge in [-0.15, -0.1) is 10.2 Å². The van der Waals surface area contributed by atoms with Crippen LogP contribution in [0, 0.1) is 0 Å². The minimum absolute atomic E-state index is 0.0723. The Morgan fingerprint density at radius 1 is 1.12 bits per heavy atom. The summed E-state index contributed by atoms with van der Waals surface area (Å²) in [5.41, 5.74) is 6.65. The topological polar surface area (TPSA) is 144 Å². The Labute approximate surface area is 198 Å². The zero-order valence-corrected chi connectivity index (χ0v) is 19.5. The van der Waals surface area contributed by atoms with E-state index in [1.165, 1.54) is 0 Å². The number of rotatable bonds is 12. The smallest absolute Gasteiger partial charge is 0.268 e. The maximum Gasteiger partial charge on any atom is 0.268 e. The highest BCUT2D eigenvalue weighted by molar-refractivity contribution is 5.93. The van der Waals surface area contributed by atoms with Crippen molar-refractivity contribution < 1.29 is 19.4 Å². The standard InChI is InChI=1S/C24H32N6O4/c1-24(2,25)23(33)27-18(16-34-15-17-9-4-3-5-10-17)21-29-28-20-12-8-11-19(30(20)21)22(32)26-13-6-7-14-31/h3-5,8-12,18,31H,6-7,13-16,25H2,1-2H3,(H,26,32)(H,27,33). The Kier molecular flexibility index (Phi) is 8.69. The third-order valence-corrected chi connectivity index (χ3v) is 5.15. The van der Waals surface area contributed by atoms with E-state index >= 15 is 0 Å². The molecule has 2 aromatic heterocycles. The molecule has 182 valence electrons. The van der Waals surface area contributed by atoms with Gasteiger partial charge in [0.1, 0.15) is 11.7 Å². The highest BCUT2D eigenvalue weighted by Crippen LogP contribution is 2.18. The average Bonchev–Trinajstić information content (AvgIpc) is 3.25. The van der Waals surface area contributed by atoms with Crippen LogP contribution in [0.1, 0.15) is 54.6 Å². The number of aliphatic hydroxyl groups excluding tert-OH is 1. The van der Waals surface area contributed by atoms with Crippen molar-refractivity contribution in [2.45, 2.75) is 44.9 Å². The molecule has 1 unspecified atom stereocenters. The molecule has 0 radical (unpaired) electrons. The molecule has 3 aromatic rings. The van der Waals surface area contributed by atoms with Crippen LogP contribution in [0.5, 0.6) is 0 Å². The number of carbonyl (C=O) groups is 2.